The lowest BCUT2D eigenvalue weighted by Crippen LogP contribution is -2.43. The van der Waals surface area contributed by atoms with Crippen molar-refractivity contribution in [1.29, 1.82) is 0 Å². The Morgan fingerprint density at radius 3 is 2.95 bits per heavy atom. The van der Waals surface area contributed by atoms with Crippen molar-refractivity contribution < 1.29 is 19.0 Å². The molecule has 0 atom stereocenters. The molecule has 0 radical (unpaired) electrons. The van der Waals surface area contributed by atoms with Gasteiger partial charge in [-0.3, -0.25) is 4.40 Å². The van der Waals surface area contributed by atoms with Gasteiger partial charge < -0.3 is 14.2 Å². The van der Waals surface area contributed by atoms with E-state index in [1.807, 2.05) is 18.3 Å². The van der Waals surface area contributed by atoms with E-state index in [-0.39, 0.29) is 11.8 Å². The number of esters is 1. The van der Waals surface area contributed by atoms with Crippen molar-refractivity contribution in [2.75, 3.05) is 19.8 Å². The molecular formula is C16H18N2O4. The molecule has 1 aliphatic heterocycles. The predicted molar refractivity (Wildman–Crippen MR) is 77.8 cm³/mol. The Morgan fingerprint density at radius 1 is 1.45 bits per heavy atom. The van der Waals surface area contributed by atoms with Gasteiger partial charge >= 0.3 is 5.97 Å². The second-order valence-electron chi connectivity index (χ2n) is 5.76. The topological polar surface area (TPSA) is 62.1 Å². The molecule has 0 bridgehead atoms. The minimum Gasteiger partial charge on any atom is -0.461 e. The van der Waals surface area contributed by atoms with Crippen molar-refractivity contribution in [3.05, 3.63) is 35.8 Å². The molecule has 116 valence electrons. The second kappa shape index (κ2) is 5.07. The third kappa shape index (κ3) is 2.10. The molecule has 0 unspecified atom stereocenters. The van der Waals surface area contributed by atoms with Crippen molar-refractivity contribution in [3.8, 4) is 0 Å². The van der Waals surface area contributed by atoms with Crippen molar-refractivity contribution >= 4 is 11.6 Å². The minimum absolute atomic E-state index is 0.345. The molecule has 6 nitrogen and oxygen atoms in total. The maximum Gasteiger partial charge on any atom is 0.356 e. The standard InChI is InChI=1S/C16H18N2O4/c1-2-20-15(19)13-10-17-14-7-11(3-4-18(13)14)12-8-16(9-12)21-5-6-22-16/h3-4,7,10,12H,2,5-6,8-9H2,1H3. The number of fused-ring (bicyclic) bond motifs is 1. The highest BCUT2D eigenvalue weighted by molar-refractivity contribution is 5.88. The average molecular weight is 302 g/mol. The summed E-state index contributed by atoms with van der Waals surface area (Å²) in [4.78, 5) is 16.2. The van der Waals surface area contributed by atoms with Gasteiger partial charge in [-0.15, -0.1) is 0 Å². The quantitative estimate of drug-likeness (QED) is 0.813. The zero-order valence-electron chi connectivity index (χ0n) is 12.4. The van der Waals surface area contributed by atoms with Crippen LogP contribution in [0, 0.1) is 0 Å². The number of aromatic nitrogens is 2. The van der Waals surface area contributed by atoms with Gasteiger partial charge in [0.05, 0.1) is 26.0 Å². The molecule has 2 aromatic rings. The monoisotopic (exact) mass is 302 g/mol. The van der Waals surface area contributed by atoms with Crippen LogP contribution in [0.25, 0.3) is 5.65 Å². The van der Waals surface area contributed by atoms with E-state index in [2.05, 4.69) is 4.98 Å². The number of ether oxygens (including phenoxy) is 3. The van der Waals surface area contributed by atoms with E-state index in [1.165, 1.54) is 5.56 Å². The van der Waals surface area contributed by atoms with Crippen LogP contribution in [0.4, 0.5) is 0 Å². The van der Waals surface area contributed by atoms with Crippen LogP contribution in [-0.2, 0) is 14.2 Å². The number of nitrogens with zero attached hydrogens (tertiary/aromatic N) is 2. The SMILES string of the molecule is CCOC(=O)c1cnc2cc(C3CC4(C3)OCCO4)ccn12. The second-order valence-corrected chi connectivity index (χ2v) is 5.76. The van der Waals surface area contributed by atoms with Gasteiger partial charge in [-0.2, -0.15) is 0 Å². The van der Waals surface area contributed by atoms with Gasteiger partial charge in [0, 0.05) is 19.0 Å². The Labute approximate surface area is 128 Å². The Hall–Kier alpha value is -1.92. The average Bonchev–Trinajstić information content (AvgIpc) is 3.12. The van der Waals surface area contributed by atoms with Gasteiger partial charge in [0.2, 0.25) is 0 Å². The lowest BCUT2D eigenvalue weighted by Gasteiger charge is -2.43. The van der Waals surface area contributed by atoms with Crippen molar-refractivity contribution in [2.45, 2.75) is 31.5 Å². The fourth-order valence-corrected chi connectivity index (χ4v) is 3.27. The van der Waals surface area contributed by atoms with Gasteiger partial charge in [-0.1, -0.05) is 0 Å². The van der Waals surface area contributed by atoms with Gasteiger partial charge in [-0.05, 0) is 30.5 Å². The zero-order chi connectivity index (χ0) is 15.2. The Balaban J connectivity index is 1.56. The smallest absolute Gasteiger partial charge is 0.356 e. The summed E-state index contributed by atoms with van der Waals surface area (Å²) in [7, 11) is 0. The third-order valence-corrected chi connectivity index (χ3v) is 4.42. The van der Waals surface area contributed by atoms with Crippen LogP contribution >= 0.6 is 0 Å². The summed E-state index contributed by atoms with van der Waals surface area (Å²) in [5, 5.41) is 0. The Kier molecular flexibility index (Phi) is 3.16. The number of hydrogen-bond acceptors (Lipinski definition) is 5. The molecular weight excluding hydrogens is 284 g/mol. The number of hydrogen-bond donors (Lipinski definition) is 0. The van der Waals surface area contributed by atoms with Crippen LogP contribution < -0.4 is 0 Å². The summed E-state index contributed by atoms with van der Waals surface area (Å²) in [6.07, 6.45) is 5.21. The molecule has 1 saturated carbocycles. The summed E-state index contributed by atoms with van der Waals surface area (Å²) in [5.41, 5.74) is 2.42. The summed E-state index contributed by atoms with van der Waals surface area (Å²) in [6, 6.07) is 4.05. The fraction of sp³-hybridized carbons (Fsp3) is 0.500. The summed E-state index contributed by atoms with van der Waals surface area (Å²) >= 11 is 0. The number of carbonyl (C=O) groups excluding carboxylic acids is 1. The van der Waals surface area contributed by atoms with Crippen LogP contribution in [0.15, 0.2) is 24.5 Å². The molecule has 4 rings (SSSR count). The maximum absolute atomic E-state index is 11.9. The third-order valence-electron chi connectivity index (χ3n) is 4.42. The van der Waals surface area contributed by atoms with Crippen LogP contribution in [0.1, 0.15) is 41.7 Å². The molecule has 1 aliphatic carbocycles. The first kappa shape index (κ1) is 13.7. The van der Waals surface area contributed by atoms with Crippen LogP contribution in [-0.4, -0.2) is 41.0 Å². The summed E-state index contributed by atoms with van der Waals surface area (Å²) < 4.78 is 18.1. The van der Waals surface area contributed by atoms with E-state index < -0.39 is 0 Å². The first-order valence-electron chi connectivity index (χ1n) is 7.63. The highest BCUT2D eigenvalue weighted by atomic mass is 16.7. The van der Waals surface area contributed by atoms with E-state index in [1.54, 1.807) is 17.5 Å². The van der Waals surface area contributed by atoms with Gasteiger partial charge in [0.15, 0.2) is 11.5 Å². The van der Waals surface area contributed by atoms with Gasteiger partial charge in [0.1, 0.15) is 5.65 Å². The molecule has 0 amide bonds. The maximum atomic E-state index is 11.9. The Bertz CT molecular complexity index is 710. The van der Waals surface area contributed by atoms with Crippen molar-refractivity contribution in [2.24, 2.45) is 0 Å². The largest absolute Gasteiger partial charge is 0.461 e. The van der Waals surface area contributed by atoms with E-state index in [0.29, 0.717) is 31.4 Å². The molecule has 1 saturated heterocycles. The lowest BCUT2D eigenvalue weighted by atomic mass is 9.75. The van der Waals surface area contributed by atoms with E-state index >= 15 is 0 Å². The number of rotatable bonds is 3. The van der Waals surface area contributed by atoms with Crippen LogP contribution in [0.3, 0.4) is 0 Å². The Morgan fingerprint density at radius 2 is 2.23 bits per heavy atom. The molecule has 0 aromatic carbocycles. The highest BCUT2D eigenvalue weighted by Gasteiger charge is 2.49. The fourth-order valence-electron chi connectivity index (χ4n) is 3.27. The number of pyridine rings is 1. The predicted octanol–water partition coefficient (Wildman–Crippen LogP) is 2.13. The van der Waals surface area contributed by atoms with Gasteiger partial charge in [0.25, 0.3) is 0 Å². The normalized spacial score (nSPS) is 20.4. The lowest BCUT2D eigenvalue weighted by molar-refractivity contribution is -0.215. The molecule has 2 fully saturated rings. The molecule has 0 N–H and O–H groups in total. The minimum atomic E-state index is -0.349. The molecule has 2 aromatic heterocycles. The highest BCUT2D eigenvalue weighted by Crippen LogP contribution is 2.49. The van der Waals surface area contributed by atoms with E-state index in [0.717, 1.165) is 18.5 Å². The van der Waals surface area contributed by atoms with E-state index in [9.17, 15) is 4.79 Å². The zero-order valence-corrected chi connectivity index (χ0v) is 12.4. The first-order valence-corrected chi connectivity index (χ1v) is 7.63. The summed E-state index contributed by atoms with van der Waals surface area (Å²) in [6.45, 7) is 3.52. The molecule has 6 heteroatoms. The molecule has 22 heavy (non-hydrogen) atoms. The molecule has 2 aliphatic rings. The van der Waals surface area contributed by atoms with Crippen LogP contribution in [0.5, 0.6) is 0 Å². The van der Waals surface area contributed by atoms with E-state index in [4.69, 9.17) is 14.2 Å². The molecule has 3 heterocycles. The first-order chi connectivity index (χ1) is 10.7. The van der Waals surface area contributed by atoms with Crippen LogP contribution in [0.2, 0.25) is 0 Å². The van der Waals surface area contributed by atoms with Crippen molar-refractivity contribution in [1.82, 2.24) is 9.38 Å². The summed E-state index contributed by atoms with van der Waals surface area (Å²) in [5.74, 6) is -0.272. The van der Waals surface area contributed by atoms with Gasteiger partial charge in [-0.25, -0.2) is 9.78 Å². The van der Waals surface area contributed by atoms with Crippen molar-refractivity contribution in [3.63, 3.8) is 0 Å². The number of carbonyl (C=O) groups is 1. The molecule has 1 spiro atoms. The number of imidazole rings is 1.